The second kappa shape index (κ2) is 6.87. The highest BCUT2D eigenvalue weighted by Crippen LogP contribution is 2.22. The third-order valence-corrected chi connectivity index (χ3v) is 3.40. The fourth-order valence-corrected chi connectivity index (χ4v) is 2.46. The number of hydrogen-bond acceptors (Lipinski definition) is 4. The summed E-state index contributed by atoms with van der Waals surface area (Å²) >= 11 is 12.1. The van der Waals surface area contributed by atoms with Crippen molar-refractivity contribution in [1.29, 1.82) is 0 Å². The first kappa shape index (κ1) is 15.7. The van der Waals surface area contributed by atoms with Crippen LogP contribution in [-0.4, -0.2) is 15.7 Å². The number of aryl methyl sites for hydroxylation is 2. The van der Waals surface area contributed by atoms with Crippen molar-refractivity contribution >= 4 is 34.9 Å². The molecular weight excluding hydrogens is 307 g/mol. The summed E-state index contributed by atoms with van der Waals surface area (Å²) < 4.78 is 0. The van der Waals surface area contributed by atoms with E-state index in [9.17, 15) is 0 Å². The Morgan fingerprint density at radius 3 is 2.38 bits per heavy atom. The summed E-state index contributed by atoms with van der Waals surface area (Å²) in [5.41, 5.74) is 6.34. The van der Waals surface area contributed by atoms with E-state index < -0.39 is 0 Å². The number of aromatic nitrogens is 2. The molecule has 0 fully saturated rings. The van der Waals surface area contributed by atoms with Crippen LogP contribution in [0.25, 0.3) is 0 Å². The standard InChI is InChI=1S/C15H16Cl2N4/c1-4-14(12-6-5-11(16)8-13(12)17)20-21-15-18-9(2)7-10(3)19-15/h5-8H,4H2,1-3H3,(H,18,19,21)/b20-14-. The summed E-state index contributed by atoms with van der Waals surface area (Å²) in [7, 11) is 0. The van der Waals surface area contributed by atoms with Gasteiger partial charge in [-0.1, -0.05) is 36.2 Å². The summed E-state index contributed by atoms with van der Waals surface area (Å²) in [6.45, 7) is 5.84. The van der Waals surface area contributed by atoms with Gasteiger partial charge in [0.2, 0.25) is 5.95 Å². The Hall–Kier alpha value is -1.65. The Labute approximate surface area is 134 Å². The quantitative estimate of drug-likeness (QED) is 0.659. The van der Waals surface area contributed by atoms with E-state index in [0.717, 1.165) is 29.1 Å². The van der Waals surface area contributed by atoms with Crippen molar-refractivity contribution in [2.75, 3.05) is 5.43 Å². The van der Waals surface area contributed by atoms with Crippen molar-refractivity contribution in [2.24, 2.45) is 5.10 Å². The van der Waals surface area contributed by atoms with Gasteiger partial charge in [0.25, 0.3) is 0 Å². The number of hydrogen-bond donors (Lipinski definition) is 1. The van der Waals surface area contributed by atoms with Crippen LogP contribution in [0.4, 0.5) is 5.95 Å². The monoisotopic (exact) mass is 322 g/mol. The molecule has 110 valence electrons. The third kappa shape index (κ3) is 4.16. The third-order valence-electron chi connectivity index (χ3n) is 2.85. The maximum Gasteiger partial charge on any atom is 0.243 e. The van der Waals surface area contributed by atoms with Crippen LogP contribution in [0, 0.1) is 13.8 Å². The molecule has 0 spiro atoms. The molecule has 0 saturated heterocycles. The van der Waals surface area contributed by atoms with Gasteiger partial charge in [0.15, 0.2) is 0 Å². The second-order valence-corrected chi connectivity index (χ2v) is 5.47. The smallest absolute Gasteiger partial charge is 0.243 e. The van der Waals surface area contributed by atoms with Crippen LogP contribution in [0.1, 0.15) is 30.3 Å². The largest absolute Gasteiger partial charge is 0.245 e. The molecule has 2 aromatic rings. The minimum Gasteiger partial charge on any atom is -0.245 e. The molecule has 0 aliphatic carbocycles. The number of hydrazone groups is 1. The van der Waals surface area contributed by atoms with Crippen LogP contribution in [0.5, 0.6) is 0 Å². The number of rotatable bonds is 4. The minimum absolute atomic E-state index is 0.475. The maximum absolute atomic E-state index is 6.21. The molecule has 0 unspecified atom stereocenters. The van der Waals surface area contributed by atoms with Gasteiger partial charge in [-0.3, -0.25) is 0 Å². The zero-order chi connectivity index (χ0) is 15.4. The zero-order valence-corrected chi connectivity index (χ0v) is 13.6. The Kier molecular flexibility index (Phi) is 5.15. The Morgan fingerprint density at radius 1 is 1.14 bits per heavy atom. The van der Waals surface area contributed by atoms with Crippen molar-refractivity contribution in [3.8, 4) is 0 Å². The van der Waals surface area contributed by atoms with E-state index in [2.05, 4.69) is 20.5 Å². The van der Waals surface area contributed by atoms with E-state index in [1.807, 2.05) is 32.9 Å². The molecule has 0 bridgehead atoms. The van der Waals surface area contributed by atoms with Crippen LogP contribution in [0.15, 0.2) is 29.4 Å². The molecule has 1 aromatic heterocycles. The molecule has 0 aliphatic rings. The second-order valence-electron chi connectivity index (χ2n) is 4.62. The van der Waals surface area contributed by atoms with Crippen molar-refractivity contribution in [2.45, 2.75) is 27.2 Å². The van der Waals surface area contributed by atoms with E-state index in [4.69, 9.17) is 23.2 Å². The van der Waals surface area contributed by atoms with Crippen LogP contribution in [0.2, 0.25) is 10.0 Å². The number of nitrogens with one attached hydrogen (secondary N) is 1. The van der Waals surface area contributed by atoms with Gasteiger partial charge in [0.05, 0.1) is 10.7 Å². The fraction of sp³-hybridized carbons (Fsp3) is 0.267. The molecule has 0 radical (unpaired) electrons. The lowest BCUT2D eigenvalue weighted by atomic mass is 10.1. The van der Waals surface area contributed by atoms with Crippen molar-refractivity contribution in [3.05, 3.63) is 51.3 Å². The van der Waals surface area contributed by atoms with Crippen molar-refractivity contribution < 1.29 is 0 Å². The van der Waals surface area contributed by atoms with E-state index in [1.165, 1.54) is 0 Å². The first-order chi connectivity index (χ1) is 9.99. The molecule has 0 aliphatic heterocycles. The summed E-state index contributed by atoms with van der Waals surface area (Å²) in [5.74, 6) is 0.475. The first-order valence-electron chi connectivity index (χ1n) is 6.60. The average Bonchev–Trinajstić information content (AvgIpc) is 2.40. The van der Waals surface area contributed by atoms with E-state index in [1.54, 1.807) is 12.1 Å². The number of anilines is 1. The minimum atomic E-state index is 0.475. The Morgan fingerprint density at radius 2 is 1.81 bits per heavy atom. The van der Waals surface area contributed by atoms with Gasteiger partial charge in [-0.25, -0.2) is 15.4 Å². The highest BCUT2D eigenvalue weighted by molar-refractivity contribution is 6.37. The molecule has 0 amide bonds. The van der Waals surface area contributed by atoms with E-state index in [0.29, 0.717) is 16.0 Å². The van der Waals surface area contributed by atoms with Crippen molar-refractivity contribution in [1.82, 2.24) is 9.97 Å². The van der Waals surface area contributed by atoms with Gasteiger partial charge >= 0.3 is 0 Å². The fourth-order valence-electron chi connectivity index (χ4n) is 1.95. The molecule has 1 aromatic carbocycles. The van der Waals surface area contributed by atoms with Crippen LogP contribution < -0.4 is 5.43 Å². The van der Waals surface area contributed by atoms with E-state index >= 15 is 0 Å². The van der Waals surface area contributed by atoms with Crippen LogP contribution in [0.3, 0.4) is 0 Å². The number of halogens is 2. The normalized spacial score (nSPS) is 11.6. The summed E-state index contributed by atoms with van der Waals surface area (Å²) in [4.78, 5) is 8.57. The van der Waals surface area contributed by atoms with Gasteiger partial charge in [-0.05, 0) is 38.5 Å². The zero-order valence-electron chi connectivity index (χ0n) is 12.1. The van der Waals surface area contributed by atoms with E-state index in [-0.39, 0.29) is 0 Å². The van der Waals surface area contributed by atoms with Crippen LogP contribution >= 0.6 is 23.2 Å². The lowest BCUT2D eigenvalue weighted by Crippen LogP contribution is -2.06. The summed E-state index contributed by atoms with van der Waals surface area (Å²) in [6.07, 6.45) is 0.721. The van der Waals surface area contributed by atoms with Gasteiger partial charge < -0.3 is 0 Å². The highest BCUT2D eigenvalue weighted by atomic mass is 35.5. The summed E-state index contributed by atoms with van der Waals surface area (Å²) in [6, 6.07) is 7.26. The predicted octanol–water partition coefficient (Wildman–Crippen LogP) is 4.63. The lowest BCUT2D eigenvalue weighted by molar-refractivity contribution is 1.03. The van der Waals surface area contributed by atoms with Gasteiger partial charge in [0.1, 0.15) is 0 Å². The van der Waals surface area contributed by atoms with Crippen LogP contribution in [-0.2, 0) is 0 Å². The van der Waals surface area contributed by atoms with Gasteiger partial charge in [-0.15, -0.1) is 0 Å². The highest BCUT2D eigenvalue weighted by Gasteiger charge is 2.08. The summed E-state index contributed by atoms with van der Waals surface area (Å²) in [5, 5.41) is 5.55. The molecule has 6 heteroatoms. The molecule has 4 nitrogen and oxygen atoms in total. The SMILES string of the molecule is CC/C(=N/Nc1nc(C)cc(C)n1)c1ccc(Cl)cc1Cl. The average molecular weight is 323 g/mol. The first-order valence-corrected chi connectivity index (χ1v) is 7.35. The Balaban J connectivity index is 2.28. The molecule has 1 N–H and O–H groups in total. The number of benzene rings is 1. The lowest BCUT2D eigenvalue weighted by Gasteiger charge is -2.08. The molecular formula is C15H16Cl2N4. The van der Waals surface area contributed by atoms with Gasteiger partial charge in [0, 0.05) is 22.0 Å². The number of nitrogens with zero attached hydrogens (tertiary/aromatic N) is 3. The molecule has 0 saturated carbocycles. The molecule has 0 atom stereocenters. The predicted molar refractivity (Wildman–Crippen MR) is 88.4 cm³/mol. The van der Waals surface area contributed by atoms with Crippen molar-refractivity contribution in [3.63, 3.8) is 0 Å². The Bertz CT molecular complexity index is 663. The van der Waals surface area contributed by atoms with Gasteiger partial charge in [-0.2, -0.15) is 5.10 Å². The molecule has 1 heterocycles. The molecule has 21 heavy (non-hydrogen) atoms. The topological polar surface area (TPSA) is 50.2 Å². The maximum atomic E-state index is 6.21. The molecule has 2 rings (SSSR count).